The first kappa shape index (κ1) is 22.6. The van der Waals surface area contributed by atoms with Crippen molar-refractivity contribution in [1.82, 2.24) is 10.0 Å². The van der Waals surface area contributed by atoms with Crippen molar-refractivity contribution in [1.29, 1.82) is 5.26 Å². The third-order valence-electron chi connectivity index (χ3n) is 4.43. The molecule has 0 saturated carbocycles. The second-order valence-electron chi connectivity index (χ2n) is 7.36. The van der Waals surface area contributed by atoms with Crippen LogP contribution in [0.2, 0.25) is 0 Å². The summed E-state index contributed by atoms with van der Waals surface area (Å²) in [5, 5.41) is 11.4. The van der Waals surface area contributed by atoms with E-state index in [1.807, 2.05) is 25.1 Å². The van der Waals surface area contributed by atoms with Crippen molar-refractivity contribution in [3.63, 3.8) is 0 Å². The molecule has 0 spiro atoms. The van der Waals surface area contributed by atoms with Crippen LogP contribution in [0.4, 0.5) is 0 Å². The van der Waals surface area contributed by atoms with Gasteiger partial charge in [0.15, 0.2) is 0 Å². The molecule has 2 aromatic rings. The van der Waals surface area contributed by atoms with Crippen molar-refractivity contribution in [2.24, 2.45) is 5.92 Å². The van der Waals surface area contributed by atoms with Crippen LogP contribution in [0.3, 0.4) is 0 Å². The number of carbonyl (C=O) groups excluding carboxylic acids is 1. The number of nitriles is 1. The van der Waals surface area contributed by atoms with Gasteiger partial charge in [-0.15, -0.1) is 0 Å². The van der Waals surface area contributed by atoms with Gasteiger partial charge in [0.1, 0.15) is 0 Å². The quantitative estimate of drug-likeness (QED) is 0.614. The minimum absolute atomic E-state index is 0.0501. The second kappa shape index (κ2) is 10.2. The van der Waals surface area contributed by atoms with E-state index in [9.17, 15) is 13.2 Å². The zero-order valence-electron chi connectivity index (χ0n) is 17.0. The smallest absolute Gasteiger partial charge is 0.251 e. The van der Waals surface area contributed by atoms with Crippen molar-refractivity contribution in [3.8, 4) is 6.07 Å². The molecule has 6 nitrogen and oxygen atoms in total. The summed E-state index contributed by atoms with van der Waals surface area (Å²) in [4.78, 5) is 12.6. The first-order valence-corrected chi connectivity index (χ1v) is 11.1. The van der Waals surface area contributed by atoms with E-state index in [0.29, 0.717) is 11.5 Å². The molecular weight excluding hydrogens is 386 g/mol. The standard InChI is InChI=1S/C22H27N3O3S/c1-16(2)15-18-5-7-19(8-6-18)17(3)25-22(26)20-9-11-21(12-10-20)29(27,28)24-14-4-13-23/h5-12,16-17,24H,4,14-15H2,1-3H3,(H,25,26)/t17-/m1/s1. The fraction of sp³-hybridized carbons (Fsp3) is 0.364. The van der Waals surface area contributed by atoms with E-state index >= 15 is 0 Å². The predicted octanol–water partition coefficient (Wildman–Crippen LogP) is 3.57. The van der Waals surface area contributed by atoms with Crippen molar-refractivity contribution < 1.29 is 13.2 Å². The summed E-state index contributed by atoms with van der Waals surface area (Å²) in [5.41, 5.74) is 2.65. The van der Waals surface area contributed by atoms with Gasteiger partial charge in [0.25, 0.3) is 5.91 Å². The Morgan fingerprint density at radius 2 is 1.66 bits per heavy atom. The Morgan fingerprint density at radius 1 is 1.03 bits per heavy atom. The molecule has 2 N–H and O–H groups in total. The maximum atomic E-state index is 12.5. The van der Waals surface area contributed by atoms with Gasteiger partial charge in [-0.2, -0.15) is 5.26 Å². The van der Waals surface area contributed by atoms with Gasteiger partial charge in [0.2, 0.25) is 10.0 Å². The van der Waals surface area contributed by atoms with Crippen molar-refractivity contribution in [3.05, 3.63) is 65.2 Å². The van der Waals surface area contributed by atoms with Crippen LogP contribution in [0.5, 0.6) is 0 Å². The summed E-state index contributed by atoms with van der Waals surface area (Å²) in [5.74, 6) is 0.316. The highest BCUT2D eigenvalue weighted by atomic mass is 32.2. The monoisotopic (exact) mass is 413 g/mol. The number of amides is 1. The van der Waals surface area contributed by atoms with Crippen LogP contribution in [0, 0.1) is 17.2 Å². The van der Waals surface area contributed by atoms with E-state index < -0.39 is 10.0 Å². The third-order valence-corrected chi connectivity index (χ3v) is 5.90. The Balaban J connectivity index is 2.00. The van der Waals surface area contributed by atoms with Crippen LogP contribution in [-0.4, -0.2) is 20.9 Å². The Bertz CT molecular complexity index is 960. The molecule has 2 aromatic carbocycles. The van der Waals surface area contributed by atoms with E-state index in [1.54, 1.807) is 0 Å². The summed E-state index contributed by atoms with van der Waals surface area (Å²) < 4.78 is 26.6. The summed E-state index contributed by atoms with van der Waals surface area (Å²) in [6.45, 7) is 6.31. The van der Waals surface area contributed by atoms with Gasteiger partial charge < -0.3 is 5.32 Å². The molecule has 0 heterocycles. The Labute approximate surface area is 173 Å². The molecule has 0 aliphatic heterocycles. The Morgan fingerprint density at radius 3 is 2.21 bits per heavy atom. The molecule has 0 aromatic heterocycles. The molecular formula is C22H27N3O3S. The minimum atomic E-state index is -3.69. The first-order chi connectivity index (χ1) is 13.7. The molecule has 1 atom stereocenters. The zero-order valence-corrected chi connectivity index (χ0v) is 17.8. The lowest BCUT2D eigenvalue weighted by Crippen LogP contribution is -2.27. The number of benzene rings is 2. The van der Waals surface area contributed by atoms with E-state index in [2.05, 4.69) is 36.0 Å². The van der Waals surface area contributed by atoms with Crippen LogP contribution >= 0.6 is 0 Å². The van der Waals surface area contributed by atoms with Crippen LogP contribution < -0.4 is 10.0 Å². The molecule has 2 rings (SSSR count). The Kier molecular flexibility index (Phi) is 7.94. The lowest BCUT2D eigenvalue weighted by atomic mass is 10.00. The van der Waals surface area contributed by atoms with Crippen molar-refractivity contribution >= 4 is 15.9 Å². The van der Waals surface area contributed by atoms with Gasteiger partial charge in [-0.1, -0.05) is 38.1 Å². The van der Waals surface area contributed by atoms with E-state index in [-0.39, 0.29) is 29.8 Å². The molecule has 0 bridgehead atoms. The SMILES string of the molecule is CC(C)Cc1ccc([C@@H](C)NC(=O)c2ccc(S(=O)(=O)NCCC#N)cc2)cc1. The highest BCUT2D eigenvalue weighted by molar-refractivity contribution is 7.89. The maximum absolute atomic E-state index is 12.5. The molecule has 0 aliphatic rings. The first-order valence-electron chi connectivity index (χ1n) is 9.59. The van der Waals surface area contributed by atoms with E-state index in [4.69, 9.17) is 5.26 Å². The number of nitrogens with one attached hydrogen (secondary N) is 2. The largest absolute Gasteiger partial charge is 0.346 e. The van der Waals surface area contributed by atoms with Gasteiger partial charge >= 0.3 is 0 Å². The molecule has 1 amide bonds. The van der Waals surface area contributed by atoms with Gasteiger partial charge in [-0.05, 0) is 54.7 Å². The van der Waals surface area contributed by atoms with Gasteiger partial charge in [0, 0.05) is 18.5 Å². The van der Waals surface area contributed by atoms with Crippen molar-refractivity contribution in [2.75, 3.05) is 6.54 Å². The normalized spacial score (nSPS) is 12.4. The molecule has 0 radical (unpaired) electrons. The van der Waals surface area contributed by atoms with Crippen LogP contribution in [0.1, 0.15) is 54.7 Å². The summed E-state index contributed by atoms with van der Waals surface area (Å²) in [7, 11) is -3.69. The van der Waals surface area contributed by atoms with E-state index in [1.165, 1.54) is 29.8 Å². The average molecular weight is 414 g/mol. The number of nitrogens with zero attached hydrogens (tertiary/aromatic N) is 1. The molecule has 7 heteroatoms. The number of rotatable bonds is 9. The lowest BCUT2D eigenvalue weighted by Gasteiger charge is -2.15. The average Bonchev–Trinajstić information content (AvgIpc) is 2.68. The van der Waals surface area contributed by atoms with Gasteiger partial charge in [-0.25, -0.2) is 13.1 Å². The van der Waals surface area contributed by atoms with Crippen LogP contribution in [-0.2, 0) is 16.4 Å². The summed E-state index contributed by atoms with van der Waals surface area (Å²) >= 11 is 0. The highest BCUT2D eigenvalue weighted by Crippen LogP contribution is 2.17. The minimum Gasteiger partial charge on any atom is -0.346 e. The molecule has 0 fully saturated rings. The van der Waals surface area contributed by atoms with Crippen LogP contribution in [0.25, 0.3) is 0 Å². The van der Waals surface area contributed by atoms with Crippen molar-refractivity contribution in [2.45, 2.75) is 44.6 Å². The molecule has 0 aliphatic carbocycles. The fourth-order valence-corrected chi connectivity index (χ4v) is 3.92. The maximum Gasteiger partial charge on any atom is 0.251 e. The Hall–Kier alpha value is -2.69. The summed E-state index contributed by atoms with van der Waals surface area (Å²) in [6, 6.07) is 15.6. The number of hydrogen-bond acceptors (Lipinski definition) is 4. The highest BCUT2D eigenvalue weighted by Gasteiger charge is 2.16. The zero-order chi connectivity index (χ0) is 21.4. The molecule has 29 heavy (non-hydrogen) atoms. The number of hydrogen-bond donors (Lipinski definition) is 2. The molecule has 0 saturated heterocycles. The predicted molar refractivity (Wildman–Crippen MR) is 113 cm³/mol. The van der Waals surface area contributed by atoms with E-state index in [0.717, 1.165) is 12.0 Å². The second-order valence-corrected chi connectivity index (χ2v) is 9.13. The van der Waals surface area contributed by atoms with Gasteiger partial charge in [-0.3, -0.25) is 4.79 Å². The molecule has 154 valence electrons. The summed E-state index contributed by atoms with van der Waals surface area (Å²) in [6.07, 6.45) is 1.11. The number of carbonyl (C=O) groups is 1. The number of sulfonamides is 1. The van der Waals surface area contributed by atoms with Gasteiger partial charge in [0.05, 0.1) is 17.0 Å². The lowest BCUT2D eigenvalue weighted by molar-refractivity contribution is 0.0940. The topological polar surface area (TPSA) is 99.1 Å². The van der Waals surface area contributed by atoms with Crippen LogP contribution in [0.15, 0.2) is 53.4 Å². The third kappa shape index (κ3) is 6.70. The molecule has 0 unspecified atom stereocenters. The fourth-order valence-electron chi connectivity index (χ4n) is 2.89.